The summed E-state index contributed by atoms with van der Waals surface area (Å²) in [7, 11) is 0. The molecular weight excluding hydrogens is 162 g/mol. The Kier molecular flexibility index (Phi) is 3.46. The van der Waals surface area contributed by atoms with E-state index >= 15 is 0 Å². The first kappa shape index (κ1) is 10.2. The number of hydrogen-bond acceptors (Lipinski definition) is 2. The van der Waals surface area contributed by atoms with Gasteiger partial charge in [0, 0.05) is 0 Å². The summed E-state index contributed by atoms with van der Waals surface area (Å²) in [6, 6.07) is 0. The second kappa shape index (κ2) is 4.40. The lowest BCUT2D eigenvalue weighted by Gasteiger charge is -2.05. The van der Waals surface area contributed by atoms with Gasteiger partial charge in [0.2, 0.25) is 0 Å². The molecule has 3 nitrogen and oxygen atoms in total. The summed E-state index contributed by atoms with van der Waals surface area (Å²) >= 11 is 0. The summed E-state index contributed by atoms with van der Waals surface area (Å²) in [6.07, 6.45) is 2.05. The van der Waals surface area contributed by atoms with Gasteiger partial charge in [0.15, 0.2) is 0 Å². The molecule has 0 atom stereocenters. The molecule has 0 spiro atoms. The molecule has 0 amide bonds. The van der Waals surface area contributed by atoms with E-state index < -0.39 is 0 Å². The highest BCUT2D eigenvalue weighted by atomic mass is 15.3. The van der Waals surface area contributed by atoms with Crippen molar-refractivity contribution < 1.29 is 0 Å². The maximum atomic E-state index is 4.17. The summed E-state index contributed by atoms with van der Waals surface area (Å²) in [4.78, 5) is 0. The van der Waals surface area contributed by atoms with Crippen LogP contribution in [0.1, 0.15) is 39.1 Å². The Hall–Kier alpha value is -0.860. The van der Waals surface area contributed by atoms with Crippen LogP contribution < -0.4 is 0 Å². The fourth-order valence-electron chi connectivity index (χ4n) is 1.38. The van der Waals surface area contributed by atoms with Gasteiger partial charge in [-0.1, -0.05) is 27.7 Å². The average molecular weight is 181 g/mol. The van der Waals surface area contributed by atoms with Crippen LogP contribution in [0.25, 0.3) is 0 Å². The summed E-state index contributed by atoms with van der Waals surface area (Å²) in [5.41, 5.74) is 2.28. The minimum absolute atomic E-state index is 0.649. The Labute approximate surface area is 79.9 Å². The molecule has 0 fully saturated rings. The molecule has 1 aromatic rings. The van der Waals surface area contributed by atoms with Crippen molar-refractivity contribution in [1.29, 1.82) is 0 Å². The van der Waals surface area contributed by atoms with Crippen molar-refractivity contribution in [1.82, 2.24) is 15.4 Å². The molecular formula is C10H19N3. The maximum absolute atomic E-state index is 4.17. The van der Waals surface area contributed by atoms with Gasteiger partial charge in [-0.05, 0) is 24.7 Å². The number of nitrogens with one attached hydrogen (secondary N) is 1. The van der Waals surface area contributed by atoms with Gasteiger partial charge in [-0.3, -0.25) is 0 Å². The predicted octanol–water partition coefficient (Wildman–Crippen LogP) is 2.20. The number of nitrogens with zero attached hydrogens (tertiary/aromatic N) is 2. The third kappa shape index (κ3) is 3.17. The highest BCUT2D eigenvalue weighted by Crippen LogP contribution is 2.12. The van der Waals surface area contributed by atoms with E-state index in [-0.39, 0.29) is 0 Å². The van der Waals surface area contributed by atoms with Gasteiger partial charge in [-0.15, -0.1) is 0 Å². The zero-order chi connectivity index (χ0) is 9.84. The molecule has 1 N–H and O–H groups in total. The average Bonchev–Trinajstić information content (AvgIpc) is 2.34. The summed E-state index contributed by atoms with van der Waals surface area (Å²) in [6.45, 7) is 8.81. The number of aromatic amines is 1. The van der Waals surface area contributed by atoms with Crippen LogP contribution in [0.5, 0.6) is 0 Å². The van der Waals surface area contributed by atoms with Crippen molar-refractivity contribution in [3.8, 4) is 0 Å². The molecule has 0 radical (unpaired) electrons. The number of hydrogen-bond donors (Lipinski definition) is 1. The van der Waals surface area contributed by atoms with Crippen molar-refractivity contribution in [2.45, 2.75) is 40.5 Å². The Morgan fingerprint density at radius 2 is 1.31 bits per heavy atom. The van der Waals surface area contributed by atoms with Crippen LogP contribution in [0.3, 0.4) is 0 Å². The first-order chi connectivity index (χ1) is 6.09. The van der Waals surface area contributed by atoms with Gasteiger partial charge in [0.25, 0.3) is 0 Å². The third-order valence-corrected chi connectivity index (χ3v) is 1.91. The molecule has 0 aliphatic rings. The molecule has 0 aliphatic heterocycles. The Bertz CT molecular complexity index is 226. The quantitative estimate of drug-likeness (QED) is 0.773. The van der Waals surface area contributed by atoms with Gasteiger partial charge in [-0.2, -0.15) is 15.4 Å². The molecule has 74 valence electrons. The normalized spacial score (nSPS) is 11.5. The molecule has 1 heterocycles. The van der Waals surface area contributed by atoms with E-state index in [0.29, 0.717) is 11.8 Å². The van der Waals surface area contributed by atoms with E-state index in [0.717, 1.165) is 24.2 Å². The zero-order valence-electron chi connectivity index (χ0n) is 8.96. The SMILES string of the molecule is CC(C)Cc1n[nH]nc1CC(C)C. The van der Waals surface area contributed by atoms with Crippen molar-refractivity contribution in [2.75, 3.05) is 0 Å². The first-order valence-electron chi connectivity index (χ1n) is 4.98. The predicted molar refractivity (Wildman–Crippen MR) is 53.5 cm³/mol. The van der Waals surface area contributed by atoms with Gasteiger partial charge in [0.1, 0.15) is 0 Å². The number of rotatable bonds is 4. The summed E-state index contributed by atoms with van der Waals surface area (Å²) in [5, 5.41) is 11.1. The van der Waals surface area contributed by atoms with E-state index in [1.165, 1.54) is 0 Å². The summed E-state index contributed by atoms with van der Waals surface area (Å²) < 4.78 is 0. The van der Waals surface area contributed by atoms with Gasteiger partial charge >= 0.3 is 0 Å². The Morgan fingerprint density at radius 1 is 0.923 bits per heavy atom. The van der Waals surface area contributed by atoms with E-state index in [2.05, 4.69) is 43.1 Å². The lowest BCUT2D eigenvalue weighted by molar-refractivity contribution is 0.604. The van der Waals surface area contributed by atoms with Crippen LogP contribution in [-0.4, -0.2) is 15.4 Å². The van der Waals surface area contributed by atoms with Crippen LogP contribution in [-0.2, 0) is 12.8 Å². The fourth-order valence-corrected chi connectivity index (χ4v) is 1.38. The minimum Gasteiger partial charge on any atom is -0.197 e. The Morgan fingerprint density at radius 3 is 1.62 bits per heavy atom. The van der Waals surface area contributed by atoms with Crippen molar-refractivity contribution in [2.24, 2.45) is 11.8 Å². The lowest BCUT2D eigenvalue weighted by atomic mass is 10.0. The smallest absolute Gasteiger partial charge is 0.0859 e. The molecule has 0 unspecified atom stereocenters. The highest BCUT2D eigenvalue weighted by molar-refractivity contribution is 5.09. The van der Waals surface area contributed by atoms with Gasteiger partial charge < -0.3 is 0 Å². The topological polar surface area (TPSA) is 41.6 Å². The molecule has 1 rings (SSSR count). The van der Waals surface area contributed by atoms with E-state index in [4.69, 9.17) is 0 Å². The molecule has 0 aliphatic carbocycles. The van der Waals surface area contributed by atoms with E-state index in [1.807, 2.05) is 0 Å². The first-order valence-corrected chi connectivity index (χ1v) is 4.98. The van der Waals surface area contributed by atoms with Gasteiger partial charge in [-0.25, -0.2) is 0 Å². The zero-order valence-corrected chi connectivity index (χ0v) is 8.96. The van der Waals surface area contributed by atoms with Crippen LogP contribution in [0.2, 0.25) is 0 Å². The van der Waals surface area contributed by atoms with Crippen LogP contribution in [0.15, 0.2) is 0 Å². The van der Waals surface area contributed by atoms with Crippen molar-refractivity contribution in [3.05, 3.63) is 11.4 Å². The molecule has 0 aromatic carbocycles. The largest absolute Gasteiger partial charge is 0.197 e. The maximum Gasteiger partial charge on any atom is 0.0859 e. The molecule has 1 aromatic heterocycles. The lowest BCUT2D eigenvalue weighted by Crippen LogP contribution is -2.02. The standard InChI is InChI=1S/C10H19N3/c1-7(2)5-9-10(6-8(3)4)12-13-11-9/h7-8H,5-6H2,1-4H3,(H,11,12,13). The number of H-pyrrole nitrogens is 1. The summed E-state index contributed by atoms with van der Waals surface area (Å²) in [5.74, 6) is 1.30. The highest BCUT2D eigenvalue weighted by Gasteiger charge is 2.10. The number of aromatic nitrogens is 3. The van der Waals surface area contributed by atoms with Crippen molar-refractivity contribution in [3.63, 3.8) is 0 Å². The molecule has 3 heteroatoms. The van der Waals surface area contributed by atoms with E-state index in [1.54, 1.807) is 0 Å². The van der Waals surface area contributed by atoms with Gasteiger partial charge in [0.05, 0.1) is 11.4 Å². The van der Waals surface area contributed by atoms with Crippen LogP contribution in [0.4, 0.5) is 0 Å². The Balaban J connectivity index is 2.65. The molecule has 13 heavy (non-hydrogen) atoms. The monoisotopic (exact) mass is 181 g/mol. The molecule has 0 saturated carbocycles. The van der Waals surface area contributed by atoms with Crippen LogP contribution >= 0.6 is 0 Å². The van der Waals surface area contributed by atoms with Crippen LogP contribution in [0, 0.1) is 11.8 Å². The second-order valence-corrected chi connectivity index (χ2v) is 4.41. The fraction of sp³-hybridized carbons (Fsp3) is 0.800. The van der Waals surface area contributed by atoms with Crippen molar-refractivity contribution >= 4 is 0 Å². The molecule has 0 bridgehead atoms. The van der Waals surface area contributed by atoms with E-state index in [9.17, 15) is 0 Å². The second-order valence-electron chi connectivity index (χ2n) is 4.41. The third-order valence-electron chi connectivity index (χ3n) is 1.91. The molecule has 0 saturated heterocycles. The minimum atomic E-state index is 0.649.